The van der Waals surface area contributed by atoms with Gasteiger partial charge in [0, 0.05) is 6.10 Å². The van der Waals surface area contributed by atoms with Gasteiger partial charge < -0.3 is 19.7 Å². The van der Waals surface area contributed by atoms with Crippen LogP contribution in [0.4, 0.5) is 0 Å². The van der Waals surface area contributed by atoms with Crippen molar-refractivity contribution in [3.05, 3.63) is 30.3 Å². The van der Waals surface area contributed by atoms with Crippen molar-refractivity contribution in [1.82, 2.24) is 0 Å². The average molecular weight is 639 g/mol. The van der Waals surface area contributed by atoms with E-state index in [1.165, 1.54) is 0 Å². The maximum atomic E-state index is 14.5. The number of hydrogen-bond acceptors (Lipinski definition) is 6. The molecule has 0 heterocycles. The lowest BCUT2D eigenvalue weighted by Crippen LogP contribution is -2.51. The third-order valence-corrected chi connectivity index (χ3v) is 18.2. The molecule has 0 radical (unpaired) electrons. The molecular weight excluding hydrogens is 577 g/mol. The predicted molar refractivity (Wildman–Crippen MR) is 178 cm³/mol. The molecule has 6 nitrogen and oxygen atoms in total. The number of hydrogen-bond donors (Lipinski definition) is 3. The molecule has 1 aromatic rings. The molecule has 7 atom stereocenters. The minimum absolute atomic E-state index is 0.0327. The van der Waals surface area contributed by atoms with Gasteiger partial charge in [-0.1, -0.05) is 58.7 Å². The molecular formula is C35H62O6SSi. The monoisotopic (exact) mass is 638 g/mol. The third-order valence-electron chi connectivity index (χ3n) is 11.4. The Morgan fingerprint density at radius 1 is 1.00 bits per heavy atom. The van der Waals surface area contributed by atoms with Crippen molar-refractivity contribution in [3.8, 4) is 0 Å². The summed E-state index contributed by atoms with van der Waals surface area (Å²) < 4.78 is 36.1. The number of aliphatic hydroxyl groups excluding tert-OH is 1. The van der Waals surface area contributed by atoms with E-state index >= 15 is 0 Å². The molecule has 0 amide bonds. The SMILES string of the molecule is CC(C)(O)CCC[C@@H](C(C[C@@H](O)C(C)(C)O)S(=O)(=O)c1ccccc1)[C@H]1CC[C@H]2[C@@H](O[Si](C)(C)C(C)(C)C)CCC[C@]12C. The van der Waals surface area contributed by atoms with E-state index in [0.29, 0.717) is 25.2 Å². The van der Waals surface area contributed by atoms with Crippen LogP contribution in [0.3, 0.4) is 0 Å². The summed E-state index contributed by atoms with van der Waals surface area (Å²) in [5.41, 5.74) is -2.37. The zero-order valence-corrected chi connectivity index (χ0v) is 30.5. The third kappa shape index (κ3) is 8.53. The summed E-state index contributed by atoms with van der Waals surface area (Å²) in [6.45, 7) is 20.6. The average Bonchev–Trinajstić information content (AvgIpc) is 3.21. The number of fused-ring (bicyclic) bond motifs is 1. The first-order valence-electron chi connectivity index (χ1n) is 16.6. The van der Waals surface area contributed by atoms with Crippen LogP contribution in [0.5, 0.6) is 0 Å². The summed E-state index contributed by atoms with van der Waals surface area (Å²) in [7, 11) is -5.84. The summed E-state index contributed by atoms with van der Waals surface area (Å²) in [5.74, 6) is 0.255. The van der Waals surface area contributed by atoms with E-state index in [2.05, 4.69) is 40.8 Å². The smallest absolute Gasteiger partial charge is 0.192 e. The van der Waals surface area contributed by atoms with Gasteiger partial charge in [-0.25, -0.2) is 8.42 Å². The van der Waals surface area contributed by atoms with Gasteiger partial charge >= 0.3 is 0 Å². The van der Waals surface area contributed by atoms with Crippen LogP contribution < -0.4 is 0 Å². The molecule has 3 N–H and O–H groups in total. The molecule has 1 unspecified atom stereocenters. The van der Waals surface area contributed by atoms with E-state index in [1.807, 2.05) is 6.07 Å². The van der Waals surface area contributed by atoms with Crippen LogP contribution in [0.15, 0.2) is 35.2 Å². The van der Waals surface area contributed by atoms with E-state index in [9.17, 15) is 23.7 Å². The highest BCUT2D eigenvalue weighted by atomic mass is 32.2. The van der Waals surface area contributed by atoms with Crippen LogP contribution in [0, 0.1) is 23.2 Å². The highest BCUT2D eigenvalue weighted by Gasteiger charge is 2.57. The van der Waals surface area contributed by atoms with Gasteiger partial charge in [0.05, 0.1) is 27.5 Å². The molecule has 0 aromatic heterocycles. The van der Waals surface area contributed by atoms with E-state index in [0.717, 1.165) is 32.1 Å². The first-order chi connectivity index (χ1) is 19.5. The quantitative estimate of drug-likeness (QED) is 0.193. The molecule has 0 saturated heterocycles. The lowest BCUT2D eigenvalue weighted by molar-refractivity contribution is -0.0583. The van der Waals surface area contributed by atoms with Gasteiger partial charge in [-0.15, -0.1) is 0 Å². The minimum Gasteiger partial charge on any atom is -0.414 e. The Bertz CT molecular complexity index is 1150. The number of benzene rings is 1. The number of sulfone groups is 1. The number of rotatable bonds is 13. The molecule has 0 spiro atoms. The summed E-state index contributed by atoms with van der Waals surface area (Å²) >= 11 is 0. The predicted octanol–water partition coefficient (Wildman–Crippen LogP) is 7.52. The summed E-state index contributed by atoms with van der Waals surface area (Å²) in [6, 6.07) is 8.60. The van der Waals surface area contributed by atoms with Crippen LogP contribution in [0.2, 0.25) is 18.1 Å². The fraction of sp³-hybridized carbons (Fsp3) is 0.829. The highest BCUT2D eigenvalue weighted by Crippen LogP contribution is 2.61. The molecule has 1 aromatic carbocycles. The van der Waals surface area contributed by atoms with Crippen molar-refractivity contribution in [2.45, 2.75) is 165 Å². The van der Waals surface area contributed by atoms with Crippen molar-refractivity contribution < 1.29 is 28.2 Å². The second-order valence-corrected chi connectivity index (χ2v) is 23.7. The lowest BCUT2D eigenvalue weighted by atomic mass is 9.60. The maximum absolute atomic E-state index is 14.5. The molecule has 2 aliphatic rings. The molecule has 8 heteroatoms. The first kappa shape index (κ1) is 36.7. The van der Waals surface area contributed by atoms with Crippen molar-refractivity contribution in [3.63, 3.8) is 0 Å². The molecule has 248 valence electrons. The Morgan fingerprint density at radius 3 is 2.14 bits per heavy atom. The molecule has 2 saturated carbocycles. The molecule has 0 bridgehead atoms. The minimum atomic E-state index is -3.84. The van der Waals surface area contributed by atoms with Gasteiger partial charge in [0.2, 0.25) is 0 Å². The van der Waals surface area contributed by atoms with Gasteiger partial charge in [-0.3, -0.25) is 0 Å². The topological polar surface area (TPSA) is 104 Å². The molecule has 2 aliphatic carbocycles. The van der Waals surface area contributed by atoms with Crippen LogP contribution in [-0.4, -0.2) is 60.7 Å². The van der Waals surface area contributed by atoms with Gasteiger partial charge in [0.25, 0.3) is 0 Å². The fourth-order valence-electron chi connectivity index (χ4n) is 7.80. The zero-order chi connectivity index (χ0) is 32.6. The standard InChI is InChI=1S/C35H62O6SSi/c1-32(2,3)43(9,10)41-29-19-15-23-35(8)27(20-21-28(29)35)26(18-14-22-33(4,5)37)30(24-31(36)34(6,7)38)42(39,40)25-16-12-11-13-17-25/h11-13,16-17,26-31,36-38H,14-15,18-24H2,1-10H3/t26-,27-,28+,29+,30?,31-,35-/m1/s1. The Balaban J connectivity index is 2.08. The first-order valence-corrected chi connectivity index (χ1v) is 21.1. The highest BCUT2D eigenvalue weighted by molar-refractivity contribution is 7.92. The van der Waals surface area contributed by atoms with Crippen molar-refractivity contribution in [2.75, 3.05) is 0 Å². The summed E-state index contributed by atoms with van der Waals surface area (Å²) in [5, 5.41) is 31.8. The van der Waals surface area contributed by atoms with Crippen molar-refractivity contribution in [1.29, 1.82) is 0 Å². The number of aliphatic hydroxyl groups is 3. The van der Waals surface area contributed by atoms with E-state index in [4.69, 9.17) is 4.43 Å². The molecule has 43 heavy (non-hydrogen) atoms. The van der Waals surface area contributed by atoms with E-state index < -0.39 is 40.7 Å². The van der Waals surface area contributed by atoms with Gasteiger partial charge in [0.15, 0.2) is 18.2 Å². The molecule has 2 fully saturated rings. The summed E-state index contributed by atoms with van der Waals surface area (Å²) in [4.78, 5) is 0.262. The second kappa shape index (κ2) is 13.1. The van der Waals surface area contributed by atoms with E-state index in [1.54, 1.807) is 52.0 Å². The Labute approximate surface area is 264 Å². The van der Waals surface area contributed by atoms with Crippen LogP contribution in [0.25, 0.3) is 0 Å². The van der Waals surface area contributed by atoms with Crippen molar-refractivity contribution in [2.24, 2.45) is 23.2 Å². The van der Waals surface area contributed by atoms with Gasteiger partial charge in [-0.2, -0.15) is 0 Å². The largest absolute Gasteiger partial charge is 0.414 e. The Kier molecular flexibility index (Phi) is 11.2. The zero-order valence-electron chi connectivity index (χ0n) is 28.7. The van der Waals surface area contributed by atoms with E-state index in [-0.39, 0.29) is 39.7 Å². The lowest BCUT2D eigenvalue weighted by Gasteiger charge is -2.51. The maximum Gasteiger partial charge on any atom is 0.192 e. The molecule has 0 aliphatic heterocycles. The van der Waals surface area contributed by atoms with Crippen LogP contribution >= 0.6 is 0 Å². The fourth-order valence-corrected chi connectivity index (χ4v) is 11.3. The Hall–Kier alpha value is -0.773. The van der Waals surface area contributed by atoms with Crippen LogP contribution in [-0.2, 0) is 14.3 Å². The molecule has 3 rings (SSSR count). The van der Waals surface area contributed by atoms with Gasteiger partial charge in [-0.05, 0) is 126 Å². The Morgan fingerprint density at radius 2 is 1.60 bits per heavy atom. The van der Waals surface area contributed by atoms with Crippen molar-refractivity contribution >= 4 is 18.2 Å². The van der Waals surface area contributed by atoms with Crippen LogP contribution in [0.1, 0.15) is 113 Å². The normalized spacial score (nSPS) is 27.9. The summed E-state index contributed by atoms with van der Waals surface area (Å²) in [6.07, 6.45) is 5.91. The second-order valence-electron chi connectivity index (χ2n) is 16.8. The van der Waals surface area contributed by atoms with Gasteiger partial charge in [0.1, 0.15) is 0 Å².